The highest BCUT2D eigenvalue weighted by Crippen LogP contribution is 2.64. The summed E-state index contributed by atoms with van der Waals surface area (Å²) in [6.45, 7) is 0. The predicted molar refractivity (Wildman–Crippen MR) is 161 cm³/mol. The highest BCUT2D eigenvalue weighted by Gasteiger charge is 2.52. The summed E-state index contributed by atoms with van der Waals surface area (Å²) in [7, 11) is 0. The molecule has 0 N–H and O–H groups in total. The van der Waals surface area contributed by atoms with E-state index in [1.807, 2.05) is 0 Å². The smallest absolute Gasteiger partial charge is 0.0622 e. The van der Waals surface area contributed by atoms with Gasteiger partial charge in [-0.25, -0.2) is 0 Å². The minimum atomic E-state index is -0.379. The molecule has 0 saturated heterocycles. The van der Waals surface area contributed by atoms with Gasteiger partial charge in [0.2, 0.25) is 0 Å². The third-order valence-electron chi connectivity index (χ3n) is 8.37. The Morgan fingerprint density at radius 3 is 1.50 bits per heavy atom. The van der Waals surface area contributed by atoms with Crippen LogP contribution in [0.1, 0.15) is 22.3 Å². The van der Waals surface area contributed by atoms with Crippen LogP contribution in [0.5, 0.6) is 0 Å². The minimum absolute atomic E-state index is 0.379. The van der Waals surface area contributed by atoms with Gasteiger partial charge >= 0.3 is 0 Å². The summed E-state index contributed by atoms with van der Waals surface area (Å²) < 4.78 is 1.15. The number of halogens is 1. The molecule has 0 aromatic heterocycles. The molecule has 2 aliphatic rings. The molecule has 0 atom stereocenters. The zero-order valence-corrected chi connectivity index (χ0v) is 22.2. The van der Waals surface area contributed by atoms with Gasteiger partial charge in [-0.15, -0.1) is 0 Å². The van der Waals surface area contributed by atoms with Crippen LogP contribution in [0.15, 0.2) is 144 Å². The molecule has 38 heavy (non-hydrogen) atoms. The topological polar surface area (TPSA) is 0 Å². The summed E-state index contributed by atoms with van der Waals surface area (Å²) in [5.74, 6) is 0. The van der Waals surface area contributed by atoms with Crippen molar-refractivity contribution in [2.75, 3.05) is 0 Å². The molecule has 0 radical (unpaired) electrons. The lowest BCUT2D eigenvalue weighted by Crippen LogP contribution is -2.26. The molecule has 0 nitrogen and oxygen atoms in total. The average molecular weight is 547 g/mol. The Morgan fingerprint density at radius 2 is 0.895 bits per heavy atom. The van der Waals surface area contributed by atoms with Gasteiger partial charge in [0.25, 0.3) is 0 Å². The molecule has 178 valence electrons. The lowest BCUT2D eigenvalue weighted by atomic mass is 9.70. The Hall–Kier alpha value is -4.20. The van der Waals surface area contributed by atoms with E-state index < -0.39 is 0 Å². The van der Waals surface area contributed by atoms with Crippen molar-refractivity contribution in [3.8, 4) is 44.5 Å². The Bertz CT molecular complexity index is 1780. The van der Waals surface area contributed by atoms with Crippen molar-refractivity contribution in [2.24, 2.45) is 0 Å². The lowest BCUT2D eigenvalue weighted by molar-refractivity contribution is 0.794. The quantitative estimate of drug-likeness (QED) is 0.202. The summed E-state index contributed by atoms with van der Waals surface area (Å²) in [6, 6.07) is 51.3. The van der Waals surface area contributed by atoms with Gasteiger partial charge in [0, 0.05) is 10.0 Å². The van der Waals surface area contributed by atoms with Crippen LogP contribution in [0.25, 0.3) is 44.5 Å². The maximum atomic E-state index is 3.93. The molecule has 6 aromatic carbocycles. The molecule has 1 spiro atoms. The second kappa shape index (κ2) is 8.15. The molecule has 6 aromatic rings. The van der Waals surface area contributed by atoms with Crippen LogP contribution in [0.2, 0.25) is 0 Å². The number of fused-ring (bicyclic) bond motifs is 10. The SMILES string of the molecule is Brc1cccc2c1-c1ccccc1C21c2cc(-c3ccccc3)ccc2-c2ccc(-c3ccccc3)cc21. The van der Waals surface area contributed by atoms with Crippen molar-refractivity contribution in [2.45, 2.75) is 5.41 Å². The standard InChI is InChI=1S/C37H23Br/c38-35-17-9-16-32-36(35)30-14-7-8-15-31(30)37(32)33-22-26(24-10-3-1-4-11-24)18-20-28(33)29-21-19-27(23-34(29)37)25-12-5-2-6-13-25/h1-23H. The van der Waals surface area contributed by atoms with Crippen LogP contribution in [-0.4, -0.2) is 0 Å². The predicted octanol–water partition coefficient (Wildman–Crippen LogP) is 10.1. The summed E-state index contributed by atoms with van der Waals surface area (Å²) >= 11 is 3.93. The fourth-order valence-corrected chi connectivity index (χ4v) is 7.39. The maximum Gasteiger partial charge on any atom is 0.0726 e. The van der Waals surface area contributed by atoms with Crippen molar-refractivity contribution >= 4 is 15.9 Å². The first-order valence-corrected chi connectivity index (χ1v) is 13.9. The van der Waals surface area contributed by atoms with E-state index in [1.165, 1.54) is 66.8 Å². The number of rotatable bonds is 2. The van der Waals surface area contributed by atoms with Crippen LogP contribution in [-0.2, 0) is 5.41 Å². The van der Waals surface area contributed by atoms with Gasteiger partial charge < -0.3 is 0 Å². The second-order valence-corrected chi connectivity index (χ2v) is 11.1. The fraction of sp³-hybridized carbons (Fsp3) is 0.0270. The van der Waals surface area contributed by atoms with Crippen molar-refractivity contribution < 1.29 is 0 Å². The van der Waals surface area contributed by atoms with E-state index in [1.54, 1.807) is 0 Å². The third-order valence-corrected chi connectivity index (χ3v) is 9.03. The number of hydrogen-bond acceptors (Lipinski definition) is 0. The van der Waals surface area contributed by atoms with E-state index in [9.17, 15) is 0 Å². The maximum absolute atomic E-state index is 3.93. The Kier molecular flexibility index (Phi) is 4.68. The van der Waals surface area contributed by atoms with E-state index >= 15 is 0 Å². The van der Waals surface area contributed by atoms with E-state index in [0.717, 1.165) is 4.47 Å². The van der Waals surface area contributed by atoms with E-state index in [4.69, 9.17) is 0 Å². The second-order valence-electron chi connectivity index (χ2n) is 10.2. The average Bonchev–Trinajstić information content (AvgIpc) is 3.45. The largest absolute Gasteiger partial charge is 0.0726 e. The normalized spacial score (nSPS) is 13.6. The number of hydrogen-bond donors (Lipinski definition) is 0. The molecule has 0 heterocycles. The zero-order valence-electron chi connectivity index (χ0n) is 20.7. The minimum Gasteiger partial charge on any atom is -0.0622 e. The Morgan fingerprint density at radius 1 is 0.368 bits per heavy atom. The van der Waals surface area contributed by atoms with Crippen molar-refractivity contribution in [3.63, 3.8) is 0 Å². The van der Waals surface area contributed by atoms with Crippen LogP contribution in [0.4, 0.5) is 0 Å². The molecule has 1 heteroatoms. The summed E-state index contributed by atoms with van der Waals surface area (Å²) in [5, 5.41) is 0. The lowest BCUT2D eigenvalue weighted by Gasteiger charge is -2.31. The van der Waals surface area contributed by atoms with Crippen molar-refractivity contribution in [1.29, 1.82) is 0 Å². The number of benzene rings is 6. The zero-order chi connectivity index (χ0) is 25.3. The molecular formula is C37H23Br. The summed E-state index contributed by atoms with van der Waals surface area (Å²) in [6.07, 6.45) is 0. The molecule has 0 fully saturated rings. The van der Waals surface area contributed by atoms with Gasteiger partial charge in [-0.3, -0.25) is 0 Å². The van der Waals surface area contributed by atoms with Gasteiger partial charge in [0.05, 0.1) is 5.41 Å². The monoisotopic (exact) mass is 546 g/mol. The first-order chi connectivity index (χ1) is 18.8. The molecular weight excluding hydrogens is 524 g/mol. The molecule has 0 aliphatic heterocycles. The summed E-state index contributed by atoms with van der Waals surface area (Å²) in [5.41, 5.74) is 15.3. The molecule has 0 amide bonds. The summed E-state index contributed by atoms with van der Waals surface area (Å²) in [4.78, 5) is 0. The van der Waals surface area contributed by atoms with Gasteiger partial charge in [0.1, 0.15) is 0 Å². The van der Waals surface area contributed by atoms with Gasteiger partial charge in [0.15, 0.2) is 0 Å². The Labute approximate surface area is 231 Å². The van der Waals surface area contributed by atoms with Gasteiger partial charge in [-0.05, 0) is 79.4 Å². The Balaban J connectivity index is 1.51. The van der Waals surface area contributed by atoms with Gasteiger partial charge in [-0.2, -0.15) is 0 Å². The first kappa shape index (κ1) is 21.8. The highest BCUT2D eigenvalue weighted by atomic mass is 79.9. The van der Waals surface area contributed by atoms with E-state index in [2.05, 4.69) is 155 Å². The van der Waals surface area contributed by atoms with Crippen LogP contribution < -0.4 is 0 Å². The fourth-order valence-electron chi connectivity index (χ4n) is 6.81. The highest BCUT2D eigenvalue weighted by molar-refractivity contribution is 9.10. The van der Waals surface area contributed by atoms with E-state index in [-0.39, 0.29) is 5.41 Å². The molecule has 2 aliphatic carbocycles. The van der Waals surface area contributed by atoms with Crippen molar-refractivity contribution in [3.05, 3.63) is 166 Å². The third kappa shape index (κ3) is 2.85. The first-order valence-electron chi connectivity index (χ1n) is 13.1. The molecule has 0 saturated carbocycles. The van der Waals surface area contributed by atoms with Crippen LogP contribution in [0, 0.1) is 0 Å². The van der Waals surface area contributed by atoms with Crippen LogP contribution in [0.3, 0.4) is 0 Å². The molecule has 0 unspecified atom stereocenters. The molecule has 0 bridgehead atoms. The van der Waals surface area contributed by atoms with Crippen LogP contribution >= 0.6 is 15.9 Å². The van der Waals surface area contributed by atoms with E-state index in [0.29, 0.717) is 0 Å². The molecule has 8 rings (SSSR count). The van der Waals surface area contributed by atoms with Gasteiger partial charge in [-0.1, -0.05) is 137 Å². The van der Waals surface area contributed by atoms with Crippen molar-refractivity contribution in [1.82, 2.24) is 0 Å².